The fourth-order valence-electron chi connectivity index (χ4n) is 3.28. The summed E-state index contributed by atoms with van der Waals surface area (Å²) in [6.45, 7) is 6.02. The second-order valence-electron chi connectivity index (χ2n) is 6.60. The summed E-state index contributed by atoms with van der Waals surface area (Å²) in [5, 5.41) is 10.9. The number of piperazine rings is 1. The Morgan fingerprint density at radius 2 is 2.04 bits per heavy atom. The Kier molecular flexibility index (Phi) is 4.53. The molecule has 0 unspecified atom stereocenters. The molecule has 0 aliphatic carbocycles. The SMILES string of the molecule is Cc1cccnc1CN1CCN(C(=O)Nc2cccc3[nH]ncc23)CC1. The minimum atomic E-state index is -0.0626. The zero-order valence-corrected chi connectivity index (χ0v) is 14.8. The summed E-state index contributed by atoms with van der Waals surface area (Å²) in [5.41, 5.74) is 4.02. The maximum absolute atomic E-state index is 12.6. The highest BCUT2D eigenvalue weighted by Gasteiger charge is 2.22. The average molecular weight is 350 g/mol. The Balaban J connectivity index is 1.35. The molecule has 1 aliphatic heterocycles. The van der Waals surface area contributed by atoms with Gasteiger partial charge in [0.2, 0.25) is 0 Å². The zero-order chi connectivity index (χ0) is 17.9. The molecule has 0 atom stereocenters. The number of aromatic amines is 1. The Labute approximate surface area is 152 Å². The fraction of sp³-hybridized carbons (Fsp3) is 0.316. The van der Waals surface area contributed by atoms with Crippen LogP contribution in [0.1, 0.15) is 11.3 Å². The van der Waals surface area contributed by atoms with Gasteiger partial charge in [0.05, 0.1) is 23.1 Å². The summed E-state index contributed by atoms with van der Waals surface area (Å²) in [7, 11) is 0. The third-order valence-corrected chi connectivity index (χ3v) is 4.88. The Bertz CT molecular complexity index is 913. The van der Waals surface area contributed by atoms with Gasteiger partial charge < -0.3 is 10.2 Å². The molecule has 2 aromatic heterocycles. The van der Waals surface area contributed by atoms with Crippen molar-refractivity contribution in [2.45, 2.75) is 13.5 Å². The van der Waals surface area contributed by atoms with Crippen LogP contribution in [0.2, 0.25) is 0 Å². The monoisotopic (exact) mass is 350 g/mol. The van der Waals surface area contributed by atoms with Crippen LogP contribution in [0.15, 0.2) is 42.7 Å². The van der Waals surface area contributed by atoms with Crippen molar-refractivity contribution in [3.8, 4) is 0 Å². The van der Waals surface area contributed by atoms with E-state index in [1.54, 1.807) is 6.20 Å². The third-order valence-electron chi connectivity index (χ3n) is 4.88. The lowest BCUT2D eigenvalue weighted by atomic mass is 10.2. The van der Waals surface area contributed by atoms with Crippen LogP contribution in [0.5, 0.6) is 0 Å². The lowest BCUT2D eigenvalue weighted by molar-refractivity contribution is 0.142. The third kappa shape index (κ3) is 3.39. The van der Waals surface area contributed by atoms with Crippen molar-refractivity contribution >= 4 is 22.6 Å². The van der Waals surface area contributed by atoms with Gasteiger partial charge in [-0.25, -0.2) is 4.79 Å². The van der Waals surface area contributed by atoms with Gasteiger partial charge in [0, 0.05) is 44.3 Å². The minimum absolute atomic E-state index is 0.0626. The molecule has 0 saturated carbocycles. The smallest absolute Gasteiger partial charge is 0.321 e. The van der Waals surface area contributed by atoms with E-state index in [0.717, 1.165) is 41.9 Å². The minimum Gasteiger partial charge on any atom is -0.322 e. The molecule has 7 heteroatoms. The van der Waals surface area contributed by atoms with E-state index in [1.165, 1.54) is 5.56 Å². The molecule has 134 valence electrons. The first-order valence-electron chi connectivity index (χ1n) is 8.81. The quantitative estimate of drug-likeness (QED) is 0.761. The van der Waals surface area contributed by atoms with Crippen LogP contribution in [-0.2, 0) is 6.54 Å². The number of carbonyl (C=O) groups is 1. The van der Waals surface area contributed by atoms with Gasteiger partial charge >= 0.3 is 6.03 Å². The Morgan fingerprint density at radius 1 is 1.19 bits per heavy atom. The number of aromatic nitrogens is 3. The van der Waals surface area contributed by atoms with E-state index in [0.29, 0.717) is 13.1 Å². The van der Waals surface area contributed by atoms with E-state index in [-0.39, 0.29) is 6.03 Å². The zero-order valence-electron chi connectivity index (χ0n) is 14.8. The molecule has 4 rings (SSSR count). The second kappa shape index (κ2) is 7.13. The number of nitrogens with one attached hydrogen (secondary N) is 2. The van der Waals surface area contributed by atoms with Crippen molar-refractivity contribution in [3.05, 3.63) is 54.0 Å². The lowest BCUT2D eigenvalue weighted by Gasteiger charge is -2.34. The number of benzene rings is 1. The number of H-pyrrole nitrogens is 1. The molecule has 1 fully saturated rings. The predicted molar refractivity (Wildman–Crippen MR) is 101 cm³/mol. The molecule has 1 aliphatic rings. The van der Waals surface area contributed by atoms with Gasteiger partial charge in [-0.15, -0.1) is 0 Å². The first-order chi connectivity index (χ1) is 12.7. The Hall–Kier alpha value is -2.93. The van der Waals surface area contributed by atoms with Gasteiger partial charge in [-0.1, -0.05) is 12.1 Å². The molecule has 0 radical (unpaired) electrons. The number of rotatable bonds is 3. The molecule has 7 nitrogen and oxygen atoms in total. The van der Waals surface area contributed by atoms with Crippen molar-refractivity contribution in [3.63, 3.8) is 0 Å². The fourth-order valence-corrected chi connectivity index (χ4v) is 3.28. The van der Waals surface area contributed by atoms with Gasteiger partial charge in [-0.2, -0.15) is 5.10 Å². The summed E-state index contributed by atoms with van der Waals surface area (Å²) in [4.78, 5) is 21.3. The molecule has 26 heavy (non-hydrogen) atoms. The first-order valence-corrected chi connectivity index (χ1v) is 8.81. The van der Waals surface area contributed by atoms with Gasteiger partial charge in [-0.05, 0) is 30.7 Å². The van der Waals surface area contributed by atoms with Crippen LogP contribution in [0.4, 0.5) is 10.5 Å². The van der Waals surface area contributed by atoms with Crippen LogP contribution < -0.4 is 5.32 Å². The summed E-state index contributed by atoms with van der Waals surface area (Å²) in [5.74, 6) is 0. The number of hydrogen-bond acceptors (Lipinski definition) is 4. The number of anilines is 1. The van der Waals surface area contributed by atoms with E-state index in [2.05, 4.69) is 38.4 Å². The number of nitrogens with zero attached hydrogens (tertiary/aromatic N) is 4. The number of carbonyl (C=O) groups excluding carboxylic acids is 1. The lowest BCUT2D eigenvalue weighted by Crippen LogP contribution is -2.49. The highest BCUT2D eigenvalue weighted by Crippen LogP contribution is 2.21. The number of aryl methyl sites for hydroxylation is 1. The number of hydrogen-bond donors (Lipinski definition) is 2. The van der Waals surface area contributed by atoms with Crippen LogP contribution in [0.25, 0.3) is 10.9 Å². The normalized spacial score (nSPS) is 15.3. The van der Waals surface area contributed by atoms with Crippen molar-refractivity contribution in [1.82, 2.24) is 25.0 Å². The Morgan fingerprint density at radius 3 is 2.85 bits per heavy atom. The maximum atomic E-state index is 12.6. The van der Waals surface area contributed by atoms with Gasteiger partial charge in [-0.3, -0.25) is 15.0 Å². The highest BCUT2D eigenvalue weighted by molar-refractivity contribution is 6.00. The molecule has 1 saturated heterocycles. The standard InChI is InChI=1S/C19H22N6O/c1-14-4-3-7-20-18(14)13-24-8-10-25(11-9-24)19(26)22-16-5-2-6-17-15(16)12-21-23-17/h2-7,12H,8-11,13H2,1H3,(H,21,23)(H,22,26). The van der Waals surface area contributed by atoms with Crippen LogP contribution in [0.3, 0.4) is 0 Å². The van der Waals surface area contributed by atoms with Crippen molar-refractivity contribution < 1.29 is 4.79 Å². The number of pyridine rings is 1. The van der Waals surface area contributed by atoms with E-state index >= 15 is 0 Å². The largest absolute Gasteiger partial charge is 0.322 e. The number of amides is 2. The molecule has 1 aromatic carbocycles. The van der Waals surface area contributed by atoms with E-state index < -0.39 is 0 Å². The van der Waals surface area contributed by atoms with Gasteiger partial charge in [0.1, 0.15) is 0 Å². The molecule has 0 bridgehead atoms. The van der Waals surface area contributed by atoms with E-state index in [9.17, 15) is 4.79 Å². The summed E-state index contributed by atoms with van der Waals surface area (Å²) >= 11 is 0. The summed E-state index contributed by atoms with van der Waals surface area (Å²) in [6.07, 6.45) is 3.57. The summed E-state index contributed by atoms with van der Waals surface area (Å²) in [6, 6.07) is 9.73. The topological polar surface area (TPSA) is 77.2 Å². The van der Waals surface area contributed by atoms with Crippen LogP contribution in [0, 0.1) is 6.92 Å². The number of fused-ring (bicyclic) bond motifs is 1. The highest BCUT2D eigenvalue weighted by atomic mass is 16.2. The molecular weight excluding hydrogens is 328 g/mol. The first kappa shape index (κ1) is 16.5. The van der Waals surface area contributed by atoms with Crippen molar-refractivity contribution in [1.29, 1.82) is 0 Å². The predicted octanol–water partition coefficient (Wildman–Crippen LogP) is 2.62. The van der Waals surface area contributed by atoms with Gasteiger partial charge in [0.15, 0.2) is 0 Å². The second-order valence-corrected chi connectivity index (χ2v) is 6.60. The molecule has 2 N–H and O–H groups in total. The maximum Gasteiger partial charge on any atom is 0.321 e. The van der Waals surface area contributed by atoms with Crippen LogP contribution >= 0.6 is 0 Å². The average Bonchev–Trinajstić information content (AvgIpc) is 3.14. The van der Waals surface area contributed by atoms with Gasteiger partial charge in [0.25, 0.3) is 0 Å². The molecule has 3 heterocycles. The number of urea groups is 1. The summed E-state index contributed by atoms with van der Waals surface area (Å²) < 4.78 is 0. The van der Waals surface area contributed by atoms with Crippen molar-refractivity contribution in [2.75, 3.05) is 31.5 Å². The molecule has 0 spiro atoms. The van der Waals surface area contributed by atoms with Crippen molar-refractivity contribution in [2.24, 2.45) is 0 Å². The van der Waals surface area contributed by atoms with E-state index in [4.69, 9.17) is 0 Å². The molecular formula is C19H22N6O. The molecule has 3 aromatic rings. The van der Waals surface area contributed by atoms with E-state index in [1.807, 2.05) is 35.4 Å². The molecule has 2 amide bonds. The van der Waals surface area contributed by atoms with Crippen LogP contribution in [-0.4, -0.2) is 57.2 Å².